The molecule has 0 saturated carbocycles. The maximum atomic E-state index is 11.8. The van der Waals surface area contributed by atoms with Crippen molar-refractivity contribution in [1.29, 1.82) is 0 Å². The van der Waals surface area contributed by atoms with Gasteiger partial charge in [-0.2, -0.15) is 5.10 Å². The summed E-state index contributed by atoms with van der Waals surface area (Å²) in [5.74, 6) is -0.484. The molecular weight excluding hydrogens is 282 g/mol. The highest BCUT2D eigenvalue weighted by Gasteiger charge is 2.19. The van der Waals surface area contributed by atoms with Crippen molar-refractivity contribution < 1.29 is 10.0 Å². The van der Waals surface area contributed by atoms with Crippen LogP contribution < -0.4 is 4.90 Å². The van der Waals surface area contributed by atoms with E-state index in [1.807, 2.05) is 6.07 Å². The third-order valence-electron chi connectivity index (χ3n) is 2.60. The van der Waals surface area contributed by atoms with Crippen molar-refractivity contribution >= 4 is 29.4 Å². The predicted octanol–water partition coefficient (Wildman–Crippen LogP) is 1.73. The topological polar surface area (TPSA) is 83.6 Å². The Morgan fingerprint density at radius 2 is 2.45 bits per heavy atom. The van der Waals surface area contributed by atoms with Crippen LogP contribution in [-0.2, 0) is 4.79 Å². The molecule has 0 spiro atoms. The van der Waals surface area contributed by atoms with Gasteiger partial charge in [-0.1, -0.05) is 16.8 Å². The largest absolute Gasteiger partial charge is 0.411 e. The molecule has 2 aromatic rings. The Morgan fingerprint density at radius 3 is 3.05 bits per heavy atom. The molecule has 0 radical (unpaired) electrons. The second kappa shape index (κ2) is 6.16. The van der Waals surface area contributed by atoms with Gasteiger partial charge in [0.05, 0.1) is 18.1 Å². The van der Waals surface area contributed by atoms with E-state index in [1.54, 1.807) is 31.6 Å². The van der Waals surface area contributed by atoms with E-state index in [0.717, 1.165) is 11.9 Å². The van der Waals surface area contributed by atoms with E-state index >= 15 is 0 Å². The highest BCUT2D eigenvalue weighted by atomic mass is 35.5. The van der Waals surface area contributed by atoms with Gasteiger partial charge in [0.2, 0.25) is 0 Å². The molecule has 0 unspecified atom stereocenters. The second-order valence-corrected chi connectivity index (χ2v) is 4.15. The summed E-state index contributed by atoms with van der Waals surface area (Å²) >= 11 is 6.06. The molecule has 0 aliphatic rings. The summed E-state index contributed by atoms with van der Waals surface area (Å²) in [6.45, 7) is 2.14. The van der Waals surface area contributed by atoms with Gasteiger partial charge in [-0.15, -0.1) is 0 Å². The molecule has 2 rings (SSSR count). The Kier molecular flexibility index (Phi) is 4.31. The first-order valence-corrected chi connectivity index (χ1v) is 6.19. The van der Waals surface area contributed by atoms with Crippen LogP contribution in [0.1, 0.15) is 6.92 Å². The first-order valence-electron chi connectivity index (χ1n) is 5.82. The molecule has 20 heavy (non-hydrogen) atoms. The second-order valence-electron chi connectivity index (χ2n) is 3.79. The maximum absolute atomic E-state index is 11.8. The monoisotopic (exact) mass is 293 g/mol. The third-order valence-corrected chi connectivity index (χ3v) is 2.87. The molecule has 1 amide bonds. The zero-order valence-electron chi connectivity index (χ0n) is 10.6. The van der Waals surface area contributed by atoms with E-state index in [1.165, 1.54) is 9.58 Å². The average Bonchev–Trinajstić information content (AvgIpc) is 2.83. The van der Waals surface area contributed by atoms with E-state index in [4.69, 9.17) is 16.8 Å². The lowest BCUT2D eigenvalue weighted by molar-refractivity contribution is -0.112. The molecule has 0 saturated heterocycles. The molecule has 0 aliphatic carbocycles. The van der Waals surface area contributed by atoms with Crippen LogP contribution in [-0.4, -0.2) is 38.6 Å². The standard InChI is InChI=1S/C12H12ClN5O2/c1-2-17(11(19)7-15-20)10-8-18(16-12(10)13)9-4-3-5-14-6-9/h3-8,20H,2H2,1H3/b15-7+. The van der Waals surface area contributed by atoms with E-state index in [-0.39, 0.29) is 5.15 Å². The lowest BCUT2D eigenvalue weighted by Crippen LogP contribution is -2.31. The number of pyridine rings is 1. The number of carbonyl (C=O) groups is 1. The Labute approximate surface area is 120 Å². The zero-order chi connectivity index (χ0) is 14.5. The minimum Gasteiger partial charge on any atom is -0.411 e. The molecule has 1 N–H and O–H groups in total. The van der Waals surface area contributed by atoms with Crippen molar-refractivity contribution in [2.45, 2.75) is 6.92 Å². The van der Waals surface area contributed by atoms with Gasteiger partial charge in [0, 0.05) is 12.7 Å². The minimum absolute atomic E-state index is 0.176. The predicted molar refractivity (Wildman–Crippen MR) is 74.7 cm³/mol. The lowest BCUT2D eigenvalue weighted by Gasteiger charge is -2.16. The Morgan fingerprint density at radius 1 is 1.65 bits per heavy atom. The van der Waals surface area contributed by atoms with E-state index in [2.05, 4.69) is 15.2 Å². The van der Waals surface area contributed by atoms with Crippen LogP contribution in [0, 0.1) is 0 Å². The van der Waals surface area contributed by atoms with Crippen LogP contribution in [0.25, 0.3) is 5.69 Å². The number of rotatable bonds is 4. The van der Waals surface area contributed by atoms with E-state index in [0.29, 0.717) is 12.2 Å². The van der Waals surface area contributed by atoms with Crippen LogP contribution >= 0.6 is 11.6 Å². The van der Waals surface area contributed by atoms with Crippen molar-refractivity contribution in [3.63, 3.8) is 0 Å². The van der Waals surface area contributed by atoms with Crippen LogP contribution in [0.4, 0.5) is 5.69 Å². The summed E-state index contributed by atoms with van der Waals surface area (Å²) in [5.41, 5.74) is 1.16. The smallest absolute Gasteiger partial charge is 0.272 e. The van der Waals surface area contributed by atoms with Gasteiger partial charge >= 0.3 is 0 Å². The van der Waals surface area contributed by atoms with Crippen LogP contribution in [0.15, 0.2) is 35.9 Å². The summed E-state index contributed by atoms with van der Waals surface area (Å²) in [5, 5.41) is 15.5. The van der Waals surface area contributed by atoms with Crippen LogP contribution in [0.3, 0.4) is 0 Å². The summed E-state index contributed by atoms with van der Waals surface area (Å²) in [6.07, 6.45) is 5.70. The van der Waals surface area contributed by atoms with Gasteiger partial charge in [0.25, 0.3) is 5.91 Å². The van der Waals surface area contributed by atoms with Crippen LogP contribution in [0.5, 0.6) is 0 Å². The van der Waals surface area contributed by atoms with E-state index < -0.39 is 5.91 Å². The Hall–Kier alpha value is -2.41. The maximum Gasteiger partial charge on any atom is 0.272 e. The van der Waals surface area contributed by atoms with Gasteiger partial charge in [-0.25, -0.2) is 4.68 Å². The molecule has 0 aliphatic heterocycles. The number of aromatic nitrogens is 3. The number of hydrogen-bond donors (Lipinski definition) is 1. The molecular formula is C12H12ClN5O2. The molecule has 0 fully saturated rings. The fourth-order valence-corrected chi connectivity index (χ4v) is 1.94. The molecule has 8 heteroatoms. The normalized spacial score (nSPS) is 10.9. The molecule has 0 aromatic carbocycles. The number of halogens is 1. The molecule has 2 aromatic heterocycles. The fourth-order valence-electron chi connectivity index (χ4n) is 1.71. The zero-order valence-corrected chi connectivity index (χ0v) is 11.4. The minimum atomic E-state index is -0.484. The van der Waals surface area contributed by atoms with Crippen molar-refractivity contribution in [2.75, 3.05) is 11.4 Å². The summed E-state index contributed by atoms with van der Waals surface area (Å²) in [6, 6.07) is 3.58. The molecule has 0 bridgehead atoms. The Bertz CT molecular complexity index is 626. The van der Waals surface area contributed by atoms with Gasteiger partial charge < -0.3 is 10.1 Å². The fraction of sp³-hybridized carbons (Fsp3) is 0.167. The summed E-state index contributed by atoms with van der Waals surface area (Å²) in [7, 11) is 0. The highest BCUT2D eigenvalue weighted by Crippen LogP contribution is 2.25. The number of carbonyl (C=O) groups excluding carboxylic acids is 1. The van der Waals surface area contributed by atoms with E-state index in [9.17, 15) is 4.79 Å². The highest BCUT2D eigenvalue weighted by molar-refractivity contribution is 6.36. The van der Waals surface area contributed by atoms with Crippen molar-refractivity contribution in [3.8, 4) is 5.69 Å². The third kappa shape index (κ3) is 2.77. The molecule has 104 valence electrons. The van der Waals surface area contributed by atoms with Gasteiger partial charge in [0.1, 0.15) is 11.9 Å². The van der Waals surface area contributed by atoms with Gasteiger partial charge in [0.15, 0.2) is 5.15 Å². The van der Waals surface area contributed by atoms with Crippen molar-refractivity contribution in [1.82, 2.24) is 14.8 Å². The van der Waals surface area contributed by atoms with Crippen molar-refractivity contribution in [3.05, 3.63) is 35.9 Å². The quantitative estimate of drug-likeness (QED) is 0.528. The molecule has 0 atom stereocenters. The van der Waals surface area contributed by atoms with Crippen LogP contribution in [0.2, 0.25) is 5.15 Å². The molecule has 7 nitrogen and oxygen atoms in total. The SMILES string of the molecule is CCN(C(=O)/C=N/O)c1cn(-c2cccnc2)nc1Cl. The first-order chi connectivity index (χ1) is 9.67. The van der Waals surface area contributed by atoms with Gasteiger partial charge in [-0.05, 0) is 19.1 Å². The number of amides is 1. The number of anilines is 1. The molecule has 2 heterocycles. The summed E-state index contributed by atoms with van der Waals surface area (Å²) < 4.78 is 1.52. The number of hydrogen-bond acceptors (Lipinski definition) is 5. The Balaban J connectivity index is 2.38. The van der Waals surface area contributed by atoms with Gasteiger partial charge in [-0.3, -0.25) is 9.78 Å². The summed E-state index contributed by atoms with van der Waals surface area (Å²) in [4.78, 5) is 17.1. The number of nitrogens with zero attached hydrogens (tertiary/aromatic N) is 5. The van der Waals surface area contributed by atoms with Crippen molar-refractivity contribution in [2.24, 2.45) is 5.16 Å². The first kappa shape index (κ1) is 14.0. The number of oxime groups is 1. The average molecular weight is 294 g/mol. The lowest BCUT2D eigenvalue weighted by atomic mass is 10.4.